The van der Waals surface area contributed by atoms with Gasteiger partial charge in [-0.25, -0.2) is 9.59 Å². The SMILES string of the molecule is CON=C(C(=O)N[C@@H]1C(=O)N2C(C(=O)O)=C(COC(N)=O)CSC12)c1ccco1. The second-order valence-corrected chi connectivity index (χ2v) is 6.93. The quantitative estimate of drug-likeness (QED) is 0.295. The first-order valence-electron chi connectivity index (χ1n) is 8.13. The molecule has 3 heterocycles. The standard InChI is InChI=1S/C16H16N4O8S/c1-26-19-9(8-3-2-4-27-8)12(21)18-10-13(22)20-11(15(23)24)7(5-28-16(17)25)6-29-14(10)20/h2-4,10,14H,5-6H2,1H3,(H2,17,25)(H,18,21)(H,23,24)/t10-,14?/m1/s1. The van der Waals surface area contributed by atoms with Crippen LogP contribution < -0.4 is 11.1 Å². The van der Waals surface area contributed by atoms with E-state index in [4.69, 9.17) is 10.2 Å². The van der Waals surface area contributed by atoms with E-state index in [-0.39, 0.29) is 35.1 Å². The molecular formula is C16H16N4O8S. The van der Waals surface area contributed by atoms with Gasteiger partial charge in [-0.3, -0.25) is 14.5 Å². The van der Waals surface area contributed by atoms with Gasteiger partial charge in [-0.15, -0.1) is 11.8 Å². The van der Waals surface area contributed by atoms with E-state index in [1.807, 2.05) is 0 Å². The van der Waals surface area contributed by atoms with E-state index >= 15 is 0 Å². The van der Waals surface area contributed by atoms with Crippen molar-refractivity contribution in [2.75, 3.05) is 19.5 Å². The zero-order chi connectivity index (χ0) is 21.1. The van der Waals surface area contributed by atoms with Crippen LogP contribution in [0.5, 0.6) is 0 Å². The zero-order valence-corrected chi connectivity index (χ0v) is 15.8. The van der Waals surface area contributed by atoms with E-state index in [1.165, 1.54) is 31.2 Å². The fourth-order valence-electron chi connectivity index (χ4n) is 2.87. The number of carbonyl (C=O) groups excluding carboxylic acids is 3. The third-order valence-electron chi connectivity index (χ3n) is 4.08. The number of carboxylic acid groups (broad SMARTS) is 1. The Labute approximate surface area is 167 Å². The number of primary amides is 1. The summed E-state index contributed by atoms with van der Waals surface area (Å²) < 4.78 is 9.79. The molecular weight excluding hydrogens is 408 g/mol. The van der Waals surface area contributed by atoms with E-state index in [1.54, 1.807) is 6.07 Å². The maximum Gasteiger partial charge on any atom is 0.404 e. The monoisotopic (exact) mass is 424 g/mol. The molecule has 1 aromatic rings. The summed E-state index contributed by atoms with van der Waals surface area (Å²) >= 11 is 1.21. The lowest BCUT2D eigenvalue weighted by Crippen LogP contribution is -2.71. The highest BCUT2D eigenvalue weighted by Crippen LogP contribution is 2.40. The smallest absolute Gasteiger partial charge is 0.404 e. The number of furan rings is 1. The molecule has 154 valence electrons. The second-order valence-electron chi connectivity index (χ2n) is 5.83. The van der Waals surface area contributed by atoms with Gasteiger partial charge in [-0.1, -0.05) is 5.16 Å². The van der Waals surface area contributed by atoms with Crippen LogP contribution in [0.15, 0.2) is 39.2 Å². The molecule has 0 radical (unpaired) electrons. The molecule has 0 aliphatic carbocycles. The number of nitrogens with two attached hydrogens (primary N) is 1. The highest BCUT2D eigenvalue weighted by Gasteiger charge is 2.54. The summed E-state index contributed by atoms with van der Waals surface area (Å²) in [6, 6.07) is 2.08. The predicted molar refractivity (Wildman–Crippen MR) is 97.5 cm³/mol. The Balaban J connectivity index is 1.77. The fraction of sp³-hybridized carbons (Fsp3) is 0.312. The Morgan fingerprint density at radius 1 is 1.48 bits per heavy atom. The summed E-state index contributed by atoms with van der Waals surface area (Å²) in [5, 5.41) is 15.0. The molecule has 29 heavy (non-hydrogen) atoms. The third kappa shape index (κ3) is 3.89. The van der Waals surface area contributed by atoms with E-state index in [0.717, 1.165) is 4.90 Å². The number of hydrogen-bond acceptors (Lipinski definition) is 9. The summed E-state index contributed by atoms with van der Waals surface area (Å²) in [4.78, 5) is 53.3. The minimum atomic E-state index is -1.35. The zero-order valence-electron chi connectivity index (χ0n) is 15.0. The molecule has 3 amide bonds. The van der Waals surface area contributed by atoms with Crippen LogP contribution in [-0.4, -0.2) is 70.5 Å². The lowest BCUT2D eigenvalue weighted by molar-refractivity contribution is -0.150. The van der Waals surface area contributed by atoms with Gasteiger partial charge in [0.2, 0.25) is 5.71 Å². The molecule has 1 fully saturated rings. The number of oxime groups is 1. The molecule has 1 unspecified atom stereocenters. The van der Waals surface area contributed by atoms with Crippen molar-refractivity contribution in [3.63, 3.8) is 0 Å². The average Bonchev–Trinajstić information content (AvgIpc) is 3.21. The number of fused-ring (bicyclic) bond motifs is 1. The molecule has 1 aromatic heterocycles. The van der Waals surface area contributed by atoms with Gasteiger partial charge in [-0.2, -0.15) is 0 Å². The minimum Gasteiger partial charge on any atom is -0.477 e. The van der Waals surface area contributed by atoms with Crippen LogP contribution in [0.3, 0.4) is 0 Å². The van der Waals surface area contributed by atoms with Crippen LogP contribution >= 0.6 is 11.8 Å². The molecule has 2 aliphatic rings. The molecule has 1 saturated heterocycles. The molecule has 12 nitrogen and oxygen atoms in total. The van der Waals surface area contributed by atoms with Gasteiger partial charge in [0.1, 0.15) is 30.8 Å². The van der Waals surface area contributed by atoms with Gasteiger partial charge in [0.25, 0.3) is 11.8 Å². The van der Waals surface area contributed by atoms with Crippen molar-refractivity contribution in [3.05, 3.63) is 35.4 Å². The molecule has 0 aromatic carbocycles. The highest BCUT2D eigenvalue weighted by molar-refractivity contribution is 8.00. The van der Waals surface area contributed by atoms with E-state index in [0.29, 0.717) is 0 Å². The lowest BCUT2D eigenvalue weighted by atomic mass is 10.0. The number of β-lactam (4-membered cyclic amide) rings is 1. The molecule has 0 bridgehead atoms. The molecule has 2 atom stereocenters. The number of nitrogens with one attached hydrogen (secondary N) is 1. The number of aliphatic carboxylic acids is 1. The van der Waals surface area contributed by atoms with E-state index in [2.05, 4.69) is 20.0 Å². The number of amides is 3. The summed E-state index contributed by atoms with van der Waals surface area (Å²) in [5.74, 6) is -2.38. The summed E-state index contributed by atoms with van der Waals surface area (Å²) in [5.41, 5.74) is 4.68. The van der Waals surface area contributed by atoms with Gasteiger partial charge < -0.3 is 30.1 Å². The van der Waals surface area contributed by atoms with Crippen molar-refractivity contribution < 1.29 is 38.3 Å². The van der Waals surface area contributed by atoms with Crippen LogP contribution in [0.25, 0.3) is 0 Å². The van der Waals surface area contributed by atoms with Gasteiger partial charge in [-0.05, 0) is 12.1 Å². The average molecular weight is 424 g/mol. The Bertz CT molecular complexity index is 910. The first-order valence-corrected chi connectivity index (χ1v) is 9.18. The molecule has 13 heteroatoms. The maximum atomic E-state index is 12.6. The fourth-order valence-corrected chi connectivity index (χ4v) is 4.19. The van der Waals surface area contributed by atoms with Crippen LogP contribution in [0.1, 0.15) is 5.76 Å². The van der Waals surface area contributed by atoms with Crippen molar-refractivity contribution >= 4 is 41.4 Å². The number of hydrogen-bond donors (Lipinski definition) is 3. The van der Waals surface area contributed by atoms with E-state index in [9.17, 15) is 24.3 Å². The number of carbonyl (C=O) groups is 4. The van der Waals surface area contributed by atoms with Gasteiger partial charge in [0, 0.05) is 11.3 Å². The molecule has 0 spiro atoms. The summed E-state index contributed by atoms with van der Waals surface area (Å²) in [6.45, 7) is -0.347. The van der Waals surface area contributed by atoms with Crippen molar-refractivity contribution in [1.29, 1.82) is 0 Å². The first-order chi connectivity index (χ1) is 13.8. The number of rotatable bonds is 7. The Morgan fingerprint density at radius 2 is 2.24 bits per heavy atom. The van der Waals surface area contributed by atoms with Crippen molar-refractivity contribution in [3.8, 4) is 0 Å². The predicted octanol–water partition coefficient (Wildman–Crippen LogP) is -0.536. The largest absolute Gasteiger partial charge is 0.477 e. The second kappa shape index (κ2) is 8.26. The van der Waals surface area contributed by atoms with Crippen LogP contribution in [0.4, 0.5) is 4.79 Å². The summed E-state index contributed by atoms with van der Waals surface area (Å²) in [6.07, 6.45) is 0.290. The Hall–Kier alpha value is -3.48. The number of carboxylic acids is 1. The number of nitrogens with zero attached hydrogens (tertiary/aromatic N) is 2. The molecule has 2 aliphatic heterocycles. The van der Waals surface area contributed by atoms with E-state index < -0.39 is 35.3 Å². The Kier molecular flexibility index (Phi) is 5.77. The van der Waals surface area contributed by atoms with Crippen molar-refractivity contribution in [2.24, 2.45) is 10.9 Å². The minimum absolute atomic E-state index is 0.140. The van der Waals surface area contributed by atoms with Crippen molar-refractivity contribution in [2.45, 2.75) is 11.4 Å². The number of ether oxygens (including phenoxy) is 1. The van der Waals surface area contributed by atoms with Gasteiger partial charge >= 0.3 is 12.1 Å². The van der Waals surface area contributed by atoms with Crippen LogP contribution in [0, 0.1) is 0 Å². The molecule has 0 saturated carbocycles. The maximum absolute atomic E-state index is 12.6. The van der Waals surface area contributed by atoms with Gasteiger partial charge in [0.15, 0.2) is 5.76 Å². The third-order valence-corrected chi connectivity index (χ3v) is 5.42. The highest BCUT2D eigenvalue weighted by atomic mass is 32.2. The van der Waals surface area contributed by atoms with Crippen molar-refractivity contribution in [1.82, 2.24) is 10.2 Å². The molecule has 4 N–H and O–H groups in total. The first kappa shape index (κ1) is 20.3. The summed E-state index contributed by atoms with van der Waals surface area (Å²) in [7, 11) is 1.25. The topological polar surface area (TPSA) is 174 Å². The van der Waals surface area contributed by atoms with Crippen LogP contribution in [-0.2, 0) is 24.0 Å². The Morgan fingerprint density at radius 3 is 2.83 bits per heavy atom. The van der Waals surface area contributed by atoms with Gasteiger partial charge in [0.05, 0.1) is 6.26 Å². The molecule has 3 rings (SSSR count). The number of thioether (sulfide) groups is 1. The van der Waals surface area contributed by atoms with Crippen LogP contribution in [0.2, 0.25) is 0 Å². The normalized spacial score (nSPS) is 21.2. The lowest BCUT2D eigenvalue weighted by Gasteiger charge is -2.49.